The highest BCUT2D eigenvalue weighted by Gasteiger charge is 2.18. The monoisotopic (exact) mass is 394 g/mol. The molecule has 26 heavy (non-hydrogen) atoms. The third-order valence-corrected chi connectivity index (χ3v) is 5.79. The Labute approximate surface area is 157 Å². The summed E-state index contributed by atoms with van der Waals surface area (Å²) in [6.07, 6.45) is 0. The number of hydrogen-bond acceptors (Lipinski definition) is 0. The van der Waals surface area contributed by atoms with E-state index in [1.165, 1.54) is 38.0 Å². The molecule has 0 saturated carbocycles. The van der Waals surface area contributed by atoms with E-state index in [0.29, 0.717) is 5.69 Å². The van der Waals surface area contributed by atoms with Crippen molar-refractivity contribution in [1.82, 2.24) is 4.40 Å². The molecule has 3 heteroatoms. The number of nitrogens with zero attached hydrogens (tertiary/aromatic N) is 2. The summed E-state index contributed by atoms with van der Waals surface area (Å²) in [5.74, 6) is 0. The Morgan fingerprint density at radius 2 is 1.54 bits per heavy atom. The van der Waals surface area contributed by atoms with E-state index >= 15 is 0 Å². The maximum atomic E-state index is 7.54. The average molecular weight is 395 g/mol. The zero-order valence-corrected chi connectivity index (χ0v) is 15.2. The van der Waals surface area contributed by atoms with Crippen LogP contribution in [0.3, 0.4) is 0 Å². The Morgan fingerprint density at radius 1 is 0.769 bits per heavy atom. The van der Waals surface area contributed by atoms with Gasteiger partial charge in [-0.3, -0.25) is 0 Å². The van der Waals surface area contributed by atoms with Crippen LogP contribution in [-0.4, -0.2) is 4.40 Å². The van der Waals surface area contributed by atoms with Crippen LogP contribution in [-0.2, 0) is 0 Å². The molecule has 0 radical (unpaired) electrons. The summed E-state index contributed by atoms with van der Waals surface area (Å²) >= 11 is 3.66. The second-order valence-corrected chi connectivity index (χ2v) is 7.60. The van der Waals surface area contributed by atoms with Crippen LogP contribution in [0, 0.1) is 6.57 Å². The number of rotatable bonds is 0. The normalized spacial score (nSPS) is 12.0. The number of pyridine rings is 1. The Balaban J connectivity index is 2.12. The number of fused-ring (bicyclic) bond motifs is 5. The van der Waals surface area contributed by atoms with Crippen molar-refractivity contribution in [2.45, 2.75) is 0 Å². The Morgan fingerprint density at radius 3 is 2.38 bits per heavy atom. The fourth-order valence-electron chi connectivity index (χ4n) is 4.38. The molecule has 2 aromatic heterocycles. The molecule has 0 unspecified atom stereocenters. The number of halogens is 1. The van der Waals surface area contributed by atoms with Gasteiger partial charge in [0.25, 0.3) is 0 Å². The highest BCUT2D eigenvalue weighted by molar-refractivity contribution is 9.10. The SMILES string of the molecule is [C-]#[N+]c1cc2cc(Br)cc3c4cccc5c6ccccc6n(c(c1)c23)c45. The smallest absolute Gasteiger partial charge is 0.189 e. The lowest BCUT2D eigenvalue weighted by Crippen LogP contribution is -1.92. The molecule has 120 valence electrons. The summed E-state index contributed by atoms with van der Waals surface area (Å²) in [7, 11) is 0. The van der Waals surface area contributed by atoms with Crippen molar-refractivity contribution < 1.29 is 0 Å². The van der Waals surface area contributed by atoms with Gasteiger partial charge >= 0.3 is 0 Å². The van der Waals surface area contributed by atoms with Gasteiger partial charge in [-0.15, -0.1) is 0 Å². The molecule has 2 heterocycles. The summed E-state index contributed by atoms with van der Waals surface area (Å²) in [5.41, 5.74) is 4.18. The number of aromatic nitrogens is 1. The van der Waals surface area contributed by atoms with Gasteiger partial charge in [0.15, 0.2) is 5.69 Å². The predicted molar refractivity (Wildman–Crippen MR) is 113 cm³/mol. The largest absolute Gasteiger partial charge is 0.309 e. The molecule has 0 spiro atoms. The molecule has 0 amide bonds. The number of para-hydroxylation sites is 2. The van der Waals surface area contributed by atoms with E-state index in [2.05, 4.69) is 79.8 Å². The van der Waals surface area contributed by atoms with Gasteiger partial charge in [-0.2, -0.15) is 0 Å². The zero-order chi connectivity index (χ0) is 17.4. The van der Waals surface area contributed by atoms with Crippen LogP contribution in [0.4, 0.5) is 5.69 Å². The van der Waals surface area contributed by atoms with Crippen LogP contribution in [0.1, 0.15) is 0 Å². The standard InChI is InChI=1S/C23H11BrN2/c1-25-15-10-13-9-14(24)11-19-18-7-4-6-17-16-5-2-3-8-20(16)26(23(17)18)21(12-15)22(13)19/h2-12H. The minimum absolute atomic E-state index is 0.668. The van der Waals surface area contributed by atoms with E-state index in [1.807, 2.05) is 12.1 Å². The van der Waals surface area contributed by atoms with Gasteiger partial charge in [0.05, 0.1) is 17.6 Å². The molecular formula is C23H11BrN2. The van der Waals surface area contributed by atoms with Crippen LogP contribution in [0.2, 0.25) is 0 Å². The predicted octanol–water partition coefficient (Wildman–Crippen LogP) is 7.30. The summed E-state index contributed by atoms with van der Waals surface area (Å²) in [5, 5.41) is 7.28. The third-order valence-electron chi connectivity index (χ3n) is 5.33. The lowest BCUT2D eigenvalue weighted by atomic mass is 9.99. The van der Waals surface area contributed by atoms with E-state index in [9.17, 15) is 0 Å². The van der Waals surface area contributed by atoms with Crippen molar-refractivity contribution in [2.75, 3.05) is 0 Å². The average Bonchev–Trinajstić information content (AvgIpc) is 3.00. The molecule has 4 aromatic carbocycles. The fraction of sp³-hybridized carbons (Fsp3) is 0. The Kier molecular flexibility index (Phi) is 2.58. The Hall–Kier alpha value is -3.09. The first-order valence-electron chi connectivity index (χ1n) is 8.44. The van der Waals surface area contributed by atoms with Crippen LogP contribution in [0.5, 0.6) is 0 Å². The summed E-state index contributed by atoms with van der Waals surface area (Å²) in [6.45, 7) is 7.54. The first-order valence-corrected chi connectivity index (χ1v) is 9.23. The van der Waals surface area contributed by atoms with Crippen molar-refractivity contribution >= 4 is 70.5 Å². The van der Waals surface area contributed by atoms with E-state index in [-0.39, 0.29) is 0 Å². The van der Waals surface area contributed by atoms with E-state index in [0.717, 1.165) is 15.4 Å². The van der Waals surface area contributed by atoms with Gasteiger partial charge in [-0.05, 0) is 41.1 Å². The molecule has 0 N–H and O–H groups in total. The first-order chi connectivity index (χ1) is 12.8. The van der Waals surface area contributed by atoms with Gasteiger partial charge in [-0.25, -0.2) is 4.85 Å². The molecule has 0 aliphatic rings. The quantitative estimate of drug-likeness (QED) is 0.145. The van der Waals surface area contributed by atoms with Crippen molar-refractivity contribution in [3.63, 3.8) is 0 Å². The maximum Gasteiger partial charge on any atom is 0.189 e. The Bertz CT molecular complexity index is 1550. The lowest BCUT2D eigenvalue weighted by molar-refractivity contribution is 1.35. The zero-order valence-electron chi connectivity index (χ0n) is 13.6. The molecule has 0 fully saturated rings. The van der Waals surface area contributed by atoms with E-state index in [1.54, 1.807) is 0 Å². The molecule has 0 aliphatic heterocycles. The van der Waals surface area contributed by atoms with Gasteiger partial charge in [0.1, 0.15) is 0 Å². The second kappa shape index (κ2) is 4.75. The molecule has 2 nitrogen and oxygen atoms in total. The van der Waals surface area contributed by atoms with Crippen molar-refractivity contribution in [1.29, 1.82) is 0 Å². The molecule has 0 bridgehead atoms. The van der Waals surface area contributed by atoms with E-state index in [4.69, 9.17) is 6.57 Å². The third kappa shape index (κ3) is 1.60. The highest BCUT2D eigenvalue weighted by Crippen LogP contribution is 2.42. The first kappa shape index (κ1) is 14.1. The molecule has 6 rings (SSSR count). The van der Waals surface area contributed by atoms with Crippen molar-refractivity contribution in [3.05, 3.63) is 82.6 Å². The van der Waals surface area contributed by atoms with E-state index < -0.39 is 0 Å². The summed E-state index contributed by atoms with van der Waals surface area (Å²) in [4.78, 5) is 3.72. The van der Waals surface area contributed by atoms with Crippen LogP contribution in [0.25, 0.3) is 53.7 Å². The van der Waals surface area contributed by atoms with Gasteiger partial charge in [0, 0.05) is 31.5 Å². The van der Waals surface area contributed by atoms with Gasteiger partial charge in [-0.1, -0.05) is 52.3 Å². The van der Waals surface area contributed by atoms with Crippen molar-refractivity contribution in [2.24, 2.45) is 0 Å². The number of benzene rings is 4. The summed E-state index contributed by atoms with van der Waals surface area (Å²) < 4.78 is 3.37. The van der Waals surface area contributed by atoms with Crippen LogP contribution >= 0.6 is 15.9 Å². The molecule has 6 aromatic rings. The minimum Gasteiger partial charge on any atom is -0.309 e. The molecule has 0 saturated heterocycles. The topological polar surface area (TPSA) is 8.77 Å². The highest BCUT2D eigenvalue weighted by atomic mass is 79.9. The van der Waals surface area contributed by atoms with Gasteiger partial charge < -0.3 is 4.40 Å². The van der Waals surface area contributed by atoms with Crippen molar-refractivity contribution in [3.8, 4) is 0 Å². The molecule has 0 atom stereocenters. The molecule has 0 aliphatic carbocycles. The fourth-order valence-corrected chi connectivity index (χ4v) is 4.86. The minimum atomic E-state index is 0.668. The molecular weight excluding hydrogens is 384 g/mol. The second-order valence-electron chi connectivity index (χ2n) is 6.68. The summed E-state index contributed by atoms with van der Waals surface area (Å²) in [6, 6.07) is 23.3. The van der Waals surface area contributed by atoms with Crippen LogP contribution in [0.15, 0.2) is 71.2 Å². The number of hydrogen-bond donors (Lipinski definition) is 0. The van der Waals surface area contributed by atoms with Crippen LogP contribution < -0.4 is 0 Å². The van der Waals surface area contributed by atoms with Gasteiger partial charge in [0.2, 0.25) is 0 Å². The lowest BCUT2D eigenvalue weighted by Gasteiger charge is -2.14. The maximum absolute atomic E-state index is 7.54.